The first kappa shape index (κ1) is 20.0. The summed E-state index contributed by atoms with van der Waals surface area (Å²) in [6.07, 6.45) is 2.16. The molecular formula is C19H29FN4O2. The molecule has 0 aromatic heterocycles. The maximum Gasteiger partial charge on any atom is 0.217 e. The number of nitrogens with zero attached hydrogens (tertiary/aromatic N) is 2. The molecule has 1 heterocycles. The van der Waals surface area contributed by atoms with Gasteiger partial charge >= 0.3 is 0 Å². The molecule has 1 aromatic carbocycles. The topological polar surface area (TPSA) is 80.0 Å². The van der Waals surface area contributed by atoms with Crippen LogP contribution in [-0.4, -0.2) is 49.0 Å². The summed E-state index contributed by atoms with van der Waals surface area (Å²) in [4.78, 5) is 18.0. The van der Waals surface area contributed by atoms with E-state index in [-0.39, 0.29) is 29.5 Å². The molecule has 1 aliphatic rings. The minimum absolute atomic E-state index is 0.236. The highest BCUT2D eigenvalue weighted by molar-refractivity contribution is 5.80. The van der Waals surface area contributed by atoms with Crippen LogP contribution < -0.4 is 15.8 Å². The molecule has 0 aliphatic carbocycles. The van der Waals surface area contributed by atoms with E-state index in [0.717, 1.165) is 38.4 Å². The van der Waals surface area contributed by atoms with Gasteiger partial charge in [-0.15, -0.1) is 0 Å². The first-order valence-corrected chi connectivity index (χ1v) is 9.22. The van der Waals surface area contributed by atoms with Crippen molar-refractivity contribution in [3.8, 4) is 5.75 Å². The van der Waals surface area contributed by atoms with Crippen LogP contribution in [0.15, 0.2) is 29.3 Å². The fourth-order valence-electron chi connectivity index (χ4n) is 3.14. The Bertz CT molecular complexity index is 623. The number of amides is 1. The molecule has 0 bridgehead atoms. The van der Waals surface area contributed by atoms with Crippen molar-refractivity contribution in [2.24, 2.45) is 16.6 Å². The number of para-hydroxylation sites is 1. The lowest BCUT2D eigenvalue weighted by molar-refractivity contribution is -0.119. The molecule has 1 fully saturated rings. The number of primary amides is 1. The number of benzene rings is 1. The van der Waals surface area contributed by atoms with Gasteiger partial charge in [0.1, 0.15) is 6.10 Å². The Hall–Kier alpha value is -2.31. The summed E-state index contributed by atoms with van der Waals surface area (Å²) in [6.45, 7) is 6.69. The van der Waals surface area contributed by atoms with Crippen LogP contribution in [0.4, 0.5) is 4.39 Å². The van der Waals surface area contributed by atoms with Gasteiger partial charge in [0.25, 0.3) is 0 Å². The van der Waals surface area contributed by atoms with Gasteiger partial charge in [0.05, 0.1) is 6.54 Å². The van der Waals surface area contributed by atoms with Gasteiger partial charge < -0.3 is 20.7 Å². The predicted molar refractivity (Wildman–Crippen MR) is 101 cm³/mol. The fraction of sp³-hybridized carbons (Fsp3) is 0.579. The van der Waals surface area contributed by atoms with E-state index in [1.165, 1.54) is 6.07 Å². The van der Waals surface area contributed by atoms with Gasteiger partial charge in [-0.25, -0.2) is 9.38 Å². The van der Waals surface area contributed by atoms with Crippen molar-refractivity contribution in [1.29, 1.82) is 0 Å². The average Bonchev–Trinajstić information content (AvgIpc) is 2.60. The first-order chi connectivity index (χ1) is 12.5. The lowest BCUT2D eigenvalue weighted by Gasteiger charge is -2.34. The summed E-state index contributed by atoms with van der Waals surface area (Å²) in [5, 5.41) is 3.29. The number of guanidine groups is 1. The van der Waals surface area contributed by atoms with Crippen LogP contribution in [0, 0.1) is 11.7 Å². The second-order valence-corrected chi connectivity index (χ2v) is 6.68. The maximum absolute atomic E-state index is 13.7. The number of carbonyl (C=O) groups excluding carboxylic acids is 1. The van der Waals surface area contributed by atoms with Crippen LogP contribution in [0.1, 0.15) is 33.1 Å². The SMILES string of the molecule is CCNC(=NCC(C)Oc1ccccc1F)N1CCCC(CC(N)=O)C1. The smallest absolute Gasteiger partial charge is 0.217 e. The monoisotopic (exact) mass is 364 g/mol. The van der Waals surface area contributed by atoms with Crippen LogP contribution in [0.5, 0.6) is 5.75 Å². The lowest BCUT2D eigenvalue weighted by atomic mass is 9.95. The van der Waals surface area contributed by atoms with Crippen LogP contribution in [0.3, 0.4) is 0 Å². The molecule has 0 spiro atoms. The minimum Gasteiger partial charge on any atom is -0.486 e. The van der Waals surface area contributed by atoms with E-state index in [4.69, 9.17) is 10.5 Å². The molecule has 7 heteroatoms. The predicted octanol–water partition coefficient (Wildman–Crippen LogP) is 2.15. The second-order valence-electron chi connectivity index (χ2n) is 6.68. The highest BCUT2D eigenvalue weighted by Gasteiger charge is 2.23. The van der Waals surface area contributed by atoms with Gasteiger partial charge in [-0.2, -0.15) is 0 Å². The summed E-state index contributed by atoms with van der Waals surface area (Å²) < 4.78 is 19.3. The highest BCUT2D eigenvalue weighted by Crippen LogP contribution is 2.20. The number of aliphatic imine (C=N–C) groups is 1. The van der Waals surface area contributed by atoms with Crippen LogP contribution in [0.25, 0.3) is 0 Å². The third-order valence-electron chi connectivity index (χ3n) is 4.31. The maximum atomic E-state index is 13.7. The van der Waals surface area contributed by atoms with Crippen LogP contribution >= 0.6 is 0 Å². The zero-order chi connectivity index (χ0) is 18.9. The summed E-state index contributed by atoms with van der Waals surface area (Å²) in [7, 11) is 0. The lowest BCUT2D eigenvalue weighted by Crippen LogP contribution is -2.47. The number of nitrogens with two attached hydrogens (primary N) is 1. The third kappa shape index (κ3) is 6.20. The van der Waals surface area contributed by atoms with Gasteiger partial charge in [0.2, 0.25) is 5.91 Å². The normalized spacial score (nSPS) is 19.1. The number of piperidine rings is 1. The van der Waals surface area contributed by atoms with Crippen LogP contribution in [0.2, 0.25) is 0 Å². The van der Waals surface area contributed by atoms with Gasteiger partial charge in [-0.05, 0) is 44.7 Å². The summed E-state index contributed by atoms with van der Waals surface area (Å²) >= 11 is 0. The number of likely N-dealkylation sites (tertiary alicyclic amines) is 1. The molecule has 26 heavy (non-hydrogen) atoms. The van der Waals surface area contributed by atoms with Gasteiger partial charge in [0.15, 0.2) is 17.5 Å². The Labute approximate surface area is 154 Å². The molecule has 2 rings (SSSR count). The van der Waals surface area contributed by atoms with Crippen molar-refractivity contribution in [2.75, 3.05) is 26.2 Å². The molecular weight excluding hydrogens is 335 g/mol. The van der Waals surface area contributed by atoms with Gasteiger partial charge in [-0.1, -0.05) is 12.1 Å². The van der Waals surface area contributed by atoms with E-state index in [1.807, 2.05) is 13.8 Å². The van der Waals surface area contributed by atoms with Gasteiger partial charge in [-0.3, -0.25) is 4.79 Å². The standard InChI is InChI=1S/C19H29FN4O2/c1-3-22-19(24-10-6-7-15(13-24)11-18(21)25)23-12-14(2)26-17-9-5-4-8-16(17)20/h4-5,8-9,14-15H,3,6-7,10-13H2,1-2H3,(H2,21,25)(H,22,23). The van der Waals surface area contributed by atoms with Crippen molar-refractivity contribution < 1.29 is 13.9 Å². The van der Waals surface area contributed by atoms with Crippen molar-refractivity contribution in [3.63, 3.8) is 0 Å². The molecule has 144 valence electrons. The average molecular weight is 364 g/mol. The number of rotatable bonds is 7. The van der Waals surface area contributed by atoms with Crippen molar-refractivity contribution in [2.45, 2.75) is 39.2 Å². The quantitative estimate of drug-likeness (QED) is 0.574. The van der Waals surface area contributed by atoms with E-state index in [9.17, 15) is 9.18 Å². The molecule has 1 amide bonds. The Balaban J connectivity index is 1.96. The fourth-order valence-corrected chi connectivity index (χ4v) is 3.14. The molecule has 1 saturated heterocycles. The molecule has 1 aliphatic heterocycles. The Morgan fingerprint density at radius 1 is 1.50 bits per heavy atom. The van der Waals surface area contributed by atoms with E-state index in [1.54, 1.807) is 18.2 Å². The number of nitrogens with one attached hydrogen (secondary N) is 1. The van der Waals surface area contributed by atoms with Crippen LogP contribution in [-0.2, 0) is 4.79 Å². The third-order valence-corrected chi connectivity index (χ3v) is 4.31. The molecule has 1 aromatic rings. The highest BCUT2D eigenvalue weighted by atomic mass is 19.1. The Morgan fingerprint density at radius 3 is 2.96 bits per heavy atom. The number of ether oxygens (including phenoxy) is 1. The van der Waals surface area contributed by atoms with E-state index >= 15 is 0 Å². The zero-order valence-electron chi connectivity index (χ0n) is 15.6. The largest absolute Gasteiger partial charge is 0.486 e. The molecule has 0 radical (unpaired) electrons. The second kappa shape index (κ2) is 9.99. The number of carbonyl (C=O) groups is 1. The molecule has 0 saturated carbocycles. The Morgan fingerprint density at radius 2 is 2.27 bits per heavy atom. The number of hydrogen-bond acceptors (Lipinski definition) is 3. The van der Waals surface area contributed by atoms with Crippen molar-refractivity contribution in [3.05, 3.63) is 30.1 Å². The first-order valence-electron chi connectivity index (χ1n) is 9.22. The number of hydrogen-bond donors (Lipinski definition) is 2. The van der Waals surface area contributed by atoms with Crippen molar-refractivity contribution >= 4 is 11.9 Å². The molecule has 6 nitrogen and oxygen atoms in total. The van der Waals surface area contributed by atoms with E-state index in [0.29, 0.717) is 13.0 Å². The van der Waals surface area contributed by atoms with Crippen molar-refractivity contribution in [1.82, 2.24) is 10.2 Å². The summed E-state index contributed by atoms with van der Waals surface area (Å²) in [5.41, 5.74) is 5.34. The Kier molecular flexibility index (Phi) is 7.69. The van der Waals surface area contributed by atoms with E-state index < -0.39 is 0 Å². The molecule has 3 N–H and O–H groups in total. The zero-order valence-corrected chi connectivity index (χ0v) is 15.6. The van der Waals surface area contributed by atoms with Gasteiger partial charge in [0, 0.05) is 26.1 Å². The number of halogens is 1. The molecule has 2 unspecified atom stereocenters. The summed E-state index contributed by atoms with van der Waals surface area (Å²) in [6, 6.07) is 6.36. The minimum atomic E-state index is -0.374. The molecule has 2 atom stereocenters. The van der Waals surface area contributed by atoms with E-state index in [2.05, 4.69) is 15.2 Å². The summed E-state index contributed by atoms with van der Waals surface area (Å²) in [5.74, 6) is 0.661.